The minimum absolute atomic E-state index is 0.229. The van der Waals surface area contributed by atoms with Crippen molar-refractivity contribution in [2.45, 2.75) is 38.5 Å². The van der Waals surface area contributed by atoms with Gasteiger partial charge in [-0.2, -0.15) is 5.10 Å². The zero-order chi connectivity index (χ0) is 17.3. The quantitative estimate of drug-likeness (QED) is 0.683. The van der Waals surface area contributed by atoms with E-state index < -0.39 is 6.10 Å². The zero-order valence-corrected chi connectivity index (χ0v) is 16.0. The van der Waals surface area contributed by atoms with Crippen molar-refractivity contribution in [1.82, 2.24) is 20.1 Å². The highest BCUT2D eigenvalue weighted by Crippen LogP contribution is 2.35. The van der Waals surface area contributed by atoms with Crippen molar-refractivity contribution in [3.63, 3.8) is 0 Å². The summed E-state index contributed by atoms with van der Waals surface area (Å²) in [5, 5.41) is 10.4. The lowest BCUT2D eigenvalue weighted by Crippen LogP contribution is -2.36. The summed E-state index contributed by atoms with van der Waals surface area (Å²) in [6.45, 7) is 1.99. The third-order valence-electron chi connectivity index (χ3n) is 3.68. The molecule has 2 aromatic rings. The Hall–Kier alpha value is -1.38. The van der Waals surface area contributed by atoms with E-state index in [1.54, 1.807) is 25.1 Å². The van der Waals surface area contributed by atoms with Crippen molar-refractivity contribution in [3.8, 4) is 5.75 Å². The lowest BCUT2D eigenvalue weighted by atomic mass is 10.3. The lowest BCUT2D eigenvalue weighted by Gasteiger charge is -2.16. The number of ether oxygens (including phenoxy) is 1. The number of aromatic amines is 1. The fraction of sp³-hybridized carbons (Fsp3) is 0.400. The van der Waals surface area contributed by atoms with Crippen LogP contribution in [0.2, 0.25) is 5.02 Å². The Morgan fingerprint density at radius 3 is 3.04 bits per heavy atom. The van der Waals surface area contributed by atoms with Gasteiger partial charge in [0.25, 0.3) is 5.91 Å². The summed E-state index contributed by atoms with van der Waals surface area (Å²) in [5.74, 6) is 1.06. The first-order valence-corrected chi connectivity index (χ1v) is 9.09. The zero-order valence-electron chi connectivity index (χ0n) is 12.9. The van der Waals surface area contributed by atoms with Crippen LogP contribution < -0.4 is 10.1 Å². The van der Waals surface area contributed by atoms with Crippen LogP contribution in [0.15, 0.2) is 22.7 Å². The molecule has 0 saturated heterocycles. The van der Waals surface area contributed by atoms with Gasteiger partial charge in [-0.25, -0.2) is 0 Å². The van der Waals surface area contributed by atoms with E-state index in [4.69, 9.17) is 28.6 Å². The normalized spacial score (nSPS) is 15.1. The molecule has 1 unspecified atom stereocenters. The number of carbonyl (C=O) groups is 1. The van der Waals surface area contributed by atoms with Crippen LogP contribution in [-0.4, -0.2) is 26.8 Å². The number of amides is 1. The van der Waals surface area contributed by atoms with E-state index in [0.29, 0.717) is 32.6 Å². The van der Waals surface area contributed by atoms with Crippen LogP contribution in [0, 0.1) is 4.77 Å². The Labute approximate surface area is 157 Å². The fourth-order valence-electron chi connectivity index (χ4n) is 2.30. The van der Waals surface area contributed by atoms with E-state index in [2.05, 4.69) is 31.4 Å². The average molecular weight is 432 g/mol. The summed E-state index contributed by atoms with van der Waals surface area (Å²) < 4.78 is 8.93. The first-order chi connectivity index (χ1) is 11.5. The molecule has 6 nitrogen and oxygen atoms in total. The van der Waals surface area contributed by atoms with Crippen LogP contribution in [-0.2, 0) is 11.3 Å². The molecule has 3 rings (SSSR count). The van der Waals surface area contributed by atoms with Crippen LogP contribution >= 0.6 is 39.7 Å². The van der Waals surface area contributed by atoms with Gasteiger partial charge in [0.1, 0.15) is 5.75 Å². The second kappa shape index (κ2) is 7.25. The summed E-state index contributed by atoms with van der Waals surface area (Å²) in [7, 11) is 0. The van der Waals surface area contributed by atoms with Gasteiger partial charge in [0.2, 0.25) is 0 Å². The number of carbonyl (C=O) groups excluding carboxylic acids is 1. The maximum Gasteiger partial charge on any atom is 0.261 e. The summed E-state index contributed by atoms with van der Waals surface area (Å²) >= 11 is 14.5. The predicted octanol–water partition coefficient (Wildman–Crippen LogP) is 3.78. The molecule has 0 bridgehead atoms. The molecular weight excluding hydrogens is 416 g/mol. The molecule has 0 aliphatic heterocycles. The smallest absolute Gasteiger partial charge is 0.261 e. The van der Waals surface area contributed by atoms with E-state index in [9.17, 15) is 4.79 Å². The number of H-pyrrole nitrogens is 1. The van der Waals surface area contributed by atoms with Gasteiger partial charge in [0.05, 0.1) is 11.0 Å². The summed E-state index contributed by atoms with van der Waals surface area (Å²) in [6.07, 6.45) is 1.54. The summed E-state index contributed by atoms with van der Waals surface area (Å²) in [4.78, 5) is 12.3. The molecule has 1 aliphatic carbocycles. The predicted molar refractivity (Wildman–Crippen MR) is 96.8 cm³/mol. The van der Waals surface area contributed by atoms with Crippen molar-refractivity contribution in [1.29, 1.82) is 0 Å². The van der Waals surface area contributed by atoms with Gasteiger partial charge >= 0.3 is 0 Å². The summed E-state index contributed by atoms with van der Waals surface area (Å²) in [6, 6.07) is 5.55. The molecule has 1 atom stereocenters. The van der Waals surface area contributed by atoms with Crippen LogP contribution in [0.4, 0.5) is 0 Å². The van der Waals surface area contributed by atoms with Crippen molar-refractivity contribution >= 4 is 45.7 Å². The second-order valence-electron chi connectivity index (χ2n) is 5.60. The highest BCUT2D eigenvalue weighted by molar-refractivity contribution is 9.10. The molecule has 0 spiro atoms. The molecule has 1 amide bonds. The van der Waals surface area contributed by atoms with Gasteiger partial charge in [0, 0.05) is 11.1 Å². The van der Waals surface area contributed by atoms with Crippen LogP contribution in [0.1, 0.15) is 31.6 Å². The average Bonchev–Trinajstić information content (AvgIpc) is 3.30. The SMILES string of the molecule is CC(Oc1ccc(Cl)cc1Br)C(=O)NCc1n[nH]c(=S)n1C1CC1. The molecule has 9 heteroatoms. The molecular formula is C15H16BrClN4O2S. The third-order valence-corrected chi connectivity index (χ3v) is 4.82. The Kier molecular flexibility index (Phi) is 5.27. The number of hydrogen-bond donors (Lipinski definition) is 2. The lowest BCUT2D eigenvalue weighted by molar-refractivity contribution is -0.127. The van der Waals surface area contributed by atoms with E-state index in [1.807, 2.05) is 4.57 Å². The van der Waals surface area contributed by atoms with Crippen LogP contribution in [0.3, 0.4) is 0 Å². The number of nitrogens with one attached hydrogen (secondary N) is 2. The molecule has 24 heavy (non-hydrogen) atoms. The monoisotopic (exact) mass is 430 g/mol. The third kappa shape index (κ3) is 3.99. The van der Waals surface area contributed by atoms with Gasteiger partial charge in [-0.05, 0) is 66.1 Å². The van der Waals surface area contributed by atoms with Gasteiger partial charge < -0.3 is 10.1 Å². The van der Waals surface area contributed by atoms with Crippen molar-refractivity contribution in [3.05, 3.63) is 38.3 Å². The Balaban J connectivity index is 1.59. The molecule has 1 aromatic carbocycles. The van der Waals surface area contributed by atoms with E-state index >= 15 is 0 Å². The Bertz CT molecular complexity index is 818. The Morgan fingerprint density at radius 2 is 2.38 bits per heavy atom. The highest BCUT2D eigenvalue weighted by Gasteiger charge is 2.27. The summed E-state index contributed by atoms with van der Waals surface area (Å²) in [5.41, 5.74) is 0. The van der Waals surface area contributed by atoms with Crippen molar-refractivity contribution in [2.24, 2.45) is 0 Å². The van der Waals surface area contributed by atoms with Gasteiger partial charge in [-0.15, -0.1) is 0 Å². The molecule has 1 aliphatic rings. The number of benzene rings is 1. The molecule has 1 saturated carbocycles. The number of hydrogen-bond acceptors (Lipinski definition) is 4. The molecule has 1 heterocycles. The van der Waals surface area contributed by atoms with E-state index in [1.165, 1.54) is 0 Å². The van der Waals surface area contributed by atoms with Crippen molar-refractivity contribution < 1.29 is 9.53 Å². The molecule has 1 aromatic heterocycles. The van der Waals surface area contributed by atoms with E-state index in [0.717, 1.165) is 18.7 Å². The molecule has 1 fully saturated rings. The number of halogens is 2. The largest absolute Gasteiger partial charge is 0.480 e. The van der Waals surface area contributed by atoms with Gasteiger partial charge in [0.15, 0.2) is 16.7 Å². The Morgan fingerprint density at radius 1 is 1.62 bits per heavy atom. The van der Waals surface area contributed by atoms with Gasteiger partial charge in [-0.1, -0.05) is 11.6 Å². The minimum atomic E-state index is -0.654. The topological polar surface area (TPSA) is 71.9 Å². The van der Waals surface area contributed by atoms with Crippen LogP contribution in [0.5, 0.6) is 5.75 Å². The fourth-order valence-corrected chi connectivity index (χ4v) is 3.37. The molecule has 128 valence electrons. The standard InChI is InChI=1S/C15H16BrClN4O2S/c1-8(23-12-5-2-9(17)6-11(12)16)14(22)18-7-13-19-20-15(24)21(13)10-3-4-10/h2,5-6,8,10H,3-4,7H2,1H3,(H,18,22)(H,20,24). The van der Waals surface area contributed by atoms with Crippen molar-refractivity contribution in [2.75, 3.05) is 0 Å². The first-order valence-electron chi connectivity index (χ1n) is 7.51. The first kappa shape index (κ1) is 17.4. The number of rotatable bonds is 6. The molecule has 2 N–H and O–H groups in total. The second-order valence-corrected chi connectivity index (χ2v) is 7.28. The molecule has 0 radical (unpaired) electrons. The number of aromatic nitrogens is 3. The maximum atomic E-state index is 12.3. The number of nitrogens with zero attached hydrogens (tertiary/aromatic N) is 2. The maximum absolute atomic E-state index is 12.3. The highest BCUT2D eigenvalue weighted by atomic mass is 79.9. The minimum Gasteiger partial charge on any atom is -0.480 e. The van der Waals surface area contributed by atoms with E-state index in [-0.39, 0.29) is 5.91 Å². The van der Waals surface area contributed by atoms with Crippen LogP contribution in [0.25, 0.3) is 0 Å². The van der Waals surface area contributed by atoms with Gasteiger partial charge in [-0.3, -0.25) is 14.5 Å².